The molecule has 2 amide bonds. The van der Waals surface area contributed by atoms with Crippen molar-refractivity contribution in [3.63, 3.8) is 0 Å². The number of cyclic esters (lactones) is 1. The summed E-state index contributed by atoms with van der Waals surface area (Å²) < 4.78 is 5.68. The van der Waals surface area contributed by atoms with Crippen molar-refractivity contribution in [3.05, 3.63) is 36.0 Å². The van der Waals surface area contributed by atoms with Crippen molar-refractivity contribution in [1.29, 1.82) is 0 Å². The van der Waals surface area contributed by atoms with Gasteiger partial charge < -0.3 is 14.7 Å². The molecule has 1 atom stereocenters. The molecule has 0 aromatic carbocycles. The second-order valence-electron chi connectivity index (χ2n) is 10.7. The Morgan fingerprint density at radius 1 is 1.22 bits per heavy atom. The number of hydrogen-bond donors (Lipinski definition) is 2. The molecule has 0 bridgehead atoms. The first-order valence-corrected chi connectivity index (χ1v) is 13.3. The lowest BCUT2D eigenvalue weighted by molar-refractivity contribution is -0.154. The Hall–Kier alpha value is -2.98. The van der Waals surface area contributed by atoms with Gasteiger partial charge in [-0.2, -0.15) is 0 Å². The number of pyridine rings is 1. The molecule has 9 nitrogen and oxygen atoms in total. The summed E-state index contributed by atoms with van der Waals surface area (Å²) in [7, 11) is 0. The molecule has 2 aromatic rings. The van der Waals surface area contributed by atoms with Crippen molar-refractivity contribution in [2.45, 2.75) is 57.6 Å². The quantitative estimate of drug-likeness (QED) is 0.587. The number of thiophene rings is 1. The lowest BCUT2D eigenvalue weighted by Gasteiger charge is -2.44. The predicted octanol–water partition coefficient (Wildman–Crippen LogP) is 4.31. The lowest BCUT2D eigenvalue weighted by atomic mass is 9.74. The first-order chi connectivity index (χ1) is 17.2. The van der Waals surface area contributed by atoms with Gasteiger partial charge in [-0.1, -0.05) is 6.07 Å². The summed E-state index contributed by atoms with van der Waals surface area (Å²) in [5.41, 5.74) is 0.229. The fraction of sp³-hybridized carbons (Fsp3) is 0.538. The Morgan fingerprint density at radius 2 is 2.00 bits per heavy atom. The Morgan fingerprint density at radius 3 is 2.64 bits per heavy atom. The topological polar surface area (TPSA) is 112 Å². The van der Waals surface area contributed by atoms with Gasteiger partial charge in [-0.05, 0) is 64.3 Å². The highest BCUT2D eigenvalue weighted by Crippen LogP contribution is 2.47. The van der Waals surface area contributed by atoms with Gasteiger partial charge in [-0.15, -0.1) is 11.3 Å². The molecular weight excluding hydrogens is 480 g/mol. The minimum atomic E-state index is -1.20. The Bertz CT molecular complexity index is 1160. The minimum Gasteiger partial charge on any atom is -0.465 e. The molecule has 0 saturated carbocycles. The summed E-state index contributed by atoms with van der Waals surface area (Å²) in [6.07, 6.45) is 4.70. The fourth-order valence-corrected chi connectivity index (χ4v) is 7.07. The van der Waals surface area contributed by atoms with Crippen molar-refractivity contribution < 1.29 is 24.2 Å². The fourth-order valence-electron chi connectivity index (χ4n) is 6.05. The molecule has 5 heterocycles. The van der Waals surface area contributed by atoms with Crippen LogP contribution in [0.2, 0.25) is 0 Å². The van der Waals surface area contributed by atoms with E-state index in [9.17, 15) is 19.5 Å². The molecule has 192 valence electrons. The van der Waals surface area contributed by atoms with Crippen molar-refractivity contribution in [3.8, 4) is 10.6 Å². The van der Waals surface area contributed by atoms with E-state index in [4.69, 9.17) is 4.74 Å². The Kier molecular flexibility index (Phi) is 6.50. The average Bonchev–Trinajstić information content (AvgIpc) is 3.36. The monoisotopic (exact) mass is 512 g/mol. The minimum absolute atomic E-state index is 0.0653. The van der Waals surface area contributed by atoms with Crippen molar-refractivity contribution >= 4 is 34.3 Å². The van der Waals surface area contributed by atoms with E-state index in [0.29, 0.717) is 35.4 Å². The maximum absolute atomic E-state index is 13.5. The van der Waals surface area contributed by atoms with Gasteiger partial charge in [-0.3, -0.25) is 24.8 Å². The third-order valence-corrected chi connectivity index (χ3v) is 8.61. The molecule has 3 aliphatic heterocycles. The maximum atomic E-state index is 13.5. The van der Waals surface area contributed by atoms with Crippen LogP contribution in [0.3, 0.4) is 0 Å². The SMILES string of the molecule is CC1(C)CC2(CCCN(C3CCN(C(=O)c4cc(-c5ccccn5)sc4NC(=O)O)CC3)C2)C(=O)O1. The number of carboxylic acid groups (broad SMARTS) is 1. The number of nitrogens with one attached hydrogen (secondary N) is 1. The van der Waals surface area contributed by atoms with Crippen molar-refractivity contribution in [2.24, 2.45) is 5.41 Å². The molecule has 3 fully saturated rings. The summed E-state index contributed by atoms with van der Waals surface area (Å²) in [6, 6.07) is 7.54. The number of rotatable bonds is 4. The van der Waals surface area contributed by atoms with Gasteiger partial charge in [-0.25, -0.2) is 4.79 Å². The Balaban J connectivity index is 1.26. The van der Waals surface area contributed by atoms with Gasteiger partial charge in [0.15, 0.2) is 0 Å². The van der Waals surface area contributed by atoms with Crippen LogP contribution in [-0.2, 0) is 9.53 Å². The van der Waals surface area contributed by atoms with E-state index in [2.05, 4.69) is 15.2 Å². The number of piperidine rings is 2. The van der Waals surface area contributed by atoms with Crippen LogP contribution in [-0.4, -0.2) is 75.7 Å². The second kappa shape index (κ2) is 9.48. The lowest BCUT2D eigenvalue weighted by Crippen LogP contribution is -2.53. The summed E-state index contributed by atoms with van der Waals surface area (Å²) in [4.78, 5) is 46.9. The van der Waals surface area contributed by atoms with Gasteiger partial charge in [0.25, 0.3) is 5.91 Å². The highest BCUT2D eigenvalue weighted by Gasteiger charge is 2.54. The van der Waals surface area contributed by atoms with E-state index in [1.165, 1.54) is 11.3 Å². The van der Waals surface area contributed by atoms with Crippen LogP contribution in [0.25, 0.3) is 10.6 Å². The number of aromatic nitrogens is 1. The third-order valence-electron chi connectivity index (χ3n) is 7.54. The molecule has 2 aromatic heterocycles. The zero-order valence-electron chi connectivity index (χ0n) is 20.7. The normalized spacial score (nSPS) is 24.6. The van der Waals surface area contributed by atoms with Crippen LogP contribution in [0.4, 0.5) is 9.80 Å². The summed E-state index contributed by atoms with van der Waals surface area (Å²) >= 11 is 1.21. The zero-order chi connectivity index (χ0) is 25.5. The molecule has 1 spiro atoms. The van der Waals surface area contributed by atoms with Crippen LogP contribution < -0.4 is 5.32 Å². The molecule has 36 heavy (non-hydrogen) atoms. The van der Waals surface area contributed by atoms with Crippen molar-refractivity contribution in [1.82, 2.24) is 14.8 Å². The molecule has 0 aliphatic carbocycles. The first kappa shape index (κ1) is 24.7. The summed E-state index contributed by atoms with van der Waals surface area (Å²) in [5, 5.41) is 12.0. The smallest absolute Gasteiger partial charge is 0.409 e. The van der Waals surface area contributed by atoms with Crippen molar-refractivity contribution in [2.75, 3.05) is 31.5 Å². The van der Waals surface area contributed by atoms with Crippen LogP contribution >= 0.6 is 11.3 Å². The number of carbonyl (C=O) groups excluding carboxylic acids is 2. The summed E-state index contributed by atoms with van der Waals surface area (Å²) in [5.74, 6) is -0.240. The number of esters is 1. The van der Waals surface area contributed by atoms with Gasteiger partial charge in [0.1, 0.15) is 10.6 Å². The van der Waals surface area contributed by atoms with E-state index in [0.717, 1.165) is 50.1 Å². The Labute approximate surface area is 214 Å². The van der Waals surface area contributed by atoms with E-state index in [-0.39, 0.29) is 11.9 Å². The standard InChI is InChI=1S/C26H32N4O5S/c1-25(2)15-26(23(32)35-25)9-5-11-30(16-26)17-7-12-29(13-8-17)22(31)18-14-20(19-6-3-4-10-27-19)36-21(18)28-24(33)34/h3-4,6,10,14,17,28H,5,7-9,11-13,15-16H2,1-2H3,(H,33,34). The highest BCUT2D eigenvalue weighted by atomic mass is 32.1. The van der Waals surface area contributed by atoms with E-state index >= 15 is 0 Å². The molecule has 2 N–H and O–H groups in total. The zero-order valence-corrected chi connectivity index (χ0v) is 21.5. The number of ether oxygens (including phenoxy) is 1. The predicted molar refractivity (Wildman–Crippen MR) is 136 cm³/mol. The number of carbonyl (C=O) groups is 3. The van der Waals surface area contributed by atoms with E-state index in [1.807, 2.05) is 32.0 Å². The molecule has 3 saturated heterocycles. The number of amides is 2. The highest BCUT2D eigenvalue weighted by molar-refractivity contribution is 7.20. The van der Waals surface area contributed by atoms with Crippen LogP contribution in [0.15, 0.2) is 30.5 Å². The molecule has 0 radical (unpaired) electrons. The molecule has 3 aliphatic rings. The number of likely N-dealkylation sites (tertiary alicyclic amines) is 2. The molecule has 5 rings (SSSR count). The van der Waals surface area contributed by atoms with Crippen LogP contribution in [0, 0.1) is 5.41 Å². The number of hydrogen-bond acceptors (Lipinski definition) is 7. The van der Waals surface area contributed by atoms with Gasteiger partial charge in [0, 0.05) is 38.3 Å². The first-order valence-electron chi connectivity index (χ1n) is 12.5. The molecule has 10 heteroatoms. The largest absolute Gasteiger partial charge is 0.465 e. The van der Waals surface area contributed by atoms with Gasteiger partial charge >= 0.3 is 12.1 Å². The number of anilines is 1. The van der Waals surface area contributed by atoms with E-state index in [1.54, 1.807) is 17.2 Å². The molecule has 1 unspecified atom stereocenters. The number of nitrogens with zero attached hydrogens (tertiary/aromatic N) is 3. The van der Waals surface area contributed by atoms with Gasteiger partial charge in [0.05, 0.1) is 21.5 Å². The molecular formula is C26H32N4O5S. The van der Waals surface area contributed by atoms with Gasteiger partial charge in [0.2, 0.25) is 0 Å². The third kappa shape index (κ3) is 4.84. The van der Waals surface area contributed by atoms with Crippen LogP contribution in [0.1, 0.15) is 56.3 Å². The second-order valence-corrected chi connectivity index (χ2v) is 11.8. The van der Waals surface area contributed by atoms with Crippen LogP contribution in [0.5, 0.6) is 0 Å². The summed E-state index contributed by atoms with van der Waals surface area (Å²) in [6.45, 7) is 6.82. The van der Waals surface area contributed by atoms with E-state index < -0.39 is 17.1 Å². The average molecular weight is 513 g/mol. The maximum Gasteiger partial charge on any atom is 0.409 e.